The number of hydrogen-bond donors (Lipinski definition) is 1. The van der Waals surface area contributed by atoms with Crippen LogP contribution in [0.1, 0.15) is 46.5 Å². The molecule has 0 bridgehead atoms. The molecule has 0 aromatic carbocycles. The predicted octanol–water partition coefficient (Wildman–Crippen LogP) is 2.70. The topological polar surface area (TPSA) is 35.8 Å². The Kier molecular flexibility index (Phi) is 3.95. The van der Waals surface area contributed by atoms with E-state index in [9.17, 15) is 0 Å². The summed E-state index contributed by atoms with van der Waals surface area (Å²) in [5, 5.41) is 12.4. The van der Waals surface area contributed by atoms with E-state index in [1.54, 1.807) is 0 Å². The highest BCUT2D eigenvalue weighted by Gasteiger charge is 2.24. The van der Waals surface area contributed by atoms with Crippen molar-refractivity contribution in [3.63, 3.8) is 0 Å². The summed E-state index contributed by atoms with van der Waals surface area (Å²) in [5.74, 6) is 0.889. The van der Waals surface area contributed by atoms with Crippen molar-refractivity contribution in [1.82, 2.24) is 5.32 Å². The van der Waals surface area contributed by atoms with E-state index in [4.69, 9.17) is 5.26 Å². The largest absolute Gasteiger partial charge is 0.314 e. The van der Waals surface area contributed by atoms with E-state index < -0.39 is 0 Å². The molecule has 80 valence electrons. The number of nitriles is 1. The van der Waals surface area contributed by atoms with Gasteiger partial charge in [-0.15, -0.1) is 0 Å². The van der Waals surface area contributed by atoms with Crippen molar-refractivity contribution in [1.29, 1.82) is 5.26 Å². The highest BCUT2D eigenvalue weighted by atomic mass is 14.9. The zero-order valence-electron chi connectivity index (χ0n) is 9.64. The number of nitrogens with zero attached hydrogens (tertiary/aromatic N) is 1. The Hall–Kier alpha value is -0.550. The fourth-order valence-corrected chi connectivity index (χ4v) is 1.77. The summed E-state index contributed by atoms with van der Waals surface area (Å²) < 4.78 is 0. The van der Waals surface area contributed by atoms with Gasteiger partial charge in [0, 0.05) is 6.04 Å². The first kappa shape index (κ1) is 11.5. The fraction of sp³-hybridized carbons (Fsp3) is 0.917. The molecule has 1 N–H and O–H groups in total. The summed E-state index contributed by atoms with van der Waals surface area (Å²) in [6.07, 6.45) is 5.12. The first-order valence-corrected chi connectivity index (χ1v) is 5.70. The fourth-order valence-electron chi connectivity index (χ4n) is 1.77. The maximum atomic E-state index is 8.85. The molecule has 14 heavy (non-hydrogen) atoms. The summed E-state index contributed by atoms with van der Waals surface area (Å²) in [6.45, 7) is 7.24. The summed E-state index contributed by atoms with van der Waals surface area (Å²) in [5.41, 5.74) is -0.174. The van der Waals surface area contributed by atoms with Gasteiger partial charge >= 0.3 is 0 Å². The second kappa shape index (κ2) is 4.79. The smallest absolute Gasteiger partial charge is 0.0684 e. The van der Waals surface area contributed by atoms with Crippen molar-refractivity contribution in [3.05, 3.63) is 0 Å². The van der Waals surface area contributed by atoms with E-state index >= 15 is 0 Å². The summed E-state index contributed by atoms with van der Waals surface area (Å²) in [4.78, 5) is 0. The lowest BCUT2D eigenvalue weighted by atomic mass is 9.80. The molecule has 0 aromatic heterocycles. The molecular formula is C12H22N2. The van der Waals surface area contributed by atoms with Gasteiger partial charge < -0.3 is 5.32 Å². The normalized spacial score (nSPS) is 19.9. The second-order valence-corrected chi connectivity index (χ2v) is 5.18. The molecule has 1 saturated carbocycles. The highest BCUT2D eigenvalue weighted by Crippen LogP contribution is 2.29. The van der Waals surface area contributed by atoms with Gasteiger partial charge in [0.05, 0.1) is 11.5 Å². The van der Waals surface area contributed by atoms with Crippen LogP contribution in [0.5, 0.6) is 0 Å². The van der Waals surface area contributed by atoms with Crippen LogP contribution >= 0.6 is 0 Å². The number of rotatable bonds is 5. The van der Waals surface area contributed by atoms with Crippen LogP contribution < -0.4 is 5.32 Å². The molecule has 0 radical (unpaired) electrons. The Bertz CT molecular complexity index is 211. The molecule has 1 unspecified atom stereocenters. The minimum absolute atomic E-state index is 0.174. The average molecular weight is 194 g/mol. The minimum Gasteiger partial charge on any atom is -0.314 e. The Balaban J connectivity index is 2.11. The van der Waals surface area contributed by atoms with Gasteiger partial charge in [0.25, 0.3) is 0 Å². The zero-order valence-corrected chi connectivity index (χ0v) is 9.64. The molecule has 2 heteroatoms. The van der Waals surface area contributed by atoms with E-state index in [2.05, 4.69) is 18.3 Å². The number of nitrogens with one attached hydrogen (secondary N) is 1. The predicted molar refractivity (Wildman–Crippen MR) is 58.8 cm³/mol. The molecule has 1 rings (SSSR count). The van der Waals surface area contributed by atoms with Crippen molar-refractivity contribution in [2.45, 2.75) is 52.5 Å². The molecule has 1 fully saturated rings. The minimum atomic E-state index is -0.174. The van der Waals surface area contributed by atoms with Crippen LogP contribution in [-0.4, -0.2) is 12.6 Å². The molecule has 0 saturated heterocycles. The Morgan fingerprint density at radius 3 is 2.57 bits per heavy atom. The third-order valence-corrected chi connectivity index (χ3v) is 3.38. The lowest BCUT2D eigenvalue weighted by Gasteiger charge is -2.32. The van der Waals surface area contributed by atoms with E-state index in [0.717, 1.165) is 18.9 Å². The Labute approximate surface area is 87.7 Å². The first-order chi connectivity index (χ1) is 6.55. The van der Waals surface area contributed by atoms with Crippen molar-refractivity contribution in [2.24, 2.45) is 11.3 Å². The van der Waals surface area contributed by atoms with Gasteiger partial charge in [-0.1, -0.05) is 6.42 Å². The van der Waals surface area contributed by atoms with Crippen LogP contribution in [0.2, 0.25) is 0 Å². The van der Waals surface area contributed by atoms with Crippen LogP contribution in [0, 0.1) is 22.7 Å². The van der Waals surface area contributed by atoms with Crippen LogP contribution in [0.4, 0.5) is 0 Å². The molecule has 0 amide bonds. The molecule has 1 atom stereocenters. The third kappa shape index (κ3) is 3.31. The van der Waals surface area contributed by atoms with Crippen LogP contribution in [0.3, 0.4) is 0 Å². The van der Waals surface area contributed by atoms with Gasteiger partial charge in [-0.3, -0.25) is 0 Å². The van der Waals surface area contributed by atoms with E-state index in [-0.39, 0.29) is 5.41 Å². The van der Waals surface area contributed by atoms with Crippen molar-refractivity contribution >= 4 is 0 Å². The van der Waals surface area contributed by atoms with E-state index in [1.165, 1.54) is 19.3 Å². The molecule has 2 nitrogen and oxygen atoms in total. The molecule has 0 aromatic rings. The van der Waals surface area contributed by atoms with Crippen molar-refractivity contribution in [2.75, 3.05) is 6.54 Å². The van der Waals surface area contributed by atoms with Crippen LogP contribution in [0.15, 0.2) is 0 Å². The number of hydrogen-bond acceptors (Lipinski definition) is 2. The van der Waals surface area contributed by atoms with E-state index in [1.807, 2.05) is 13.8 Å². The van der Waals surface area contributed by atoms with Crippen LogP contribution in [-0.2, 0) is 0 Å². The molecule has 0 spiro atoms. The highest BCUT2D eigenvalue weighted by molar-refractivity contribution is 4.92. The van der Waals surface area contributed by atoms with Gasteiger partial charge in [-0.05, 0) is 52.5 Å². The Morgan fingerprint density at radius 1 is 1.50 bits per heavy atom. The summed E-state index contributed by atoms with van der Waals surface area (Å²) in [7, 11) is 0. The SMILES string of the molecule is CC(NCCC(C)(C)C#N)C1CCC1. The standard InChI is InChI=1S/C12H22N2/c1-10(11-5-4-6-11)14-8-7-12(2,3)9-13/h10-11,14H,4-8H2,1-3H3. The Morgan fingerprint density at radius 2 is 2.14 bits per heavy atom. The third-order valence-electron chi connectivity index (χ3n) is 3.38. The van der Waals surface area contributed by atoms with Gasteiger partial charge in [0.1, 0.15) is 0 Å². The van der Waals surface area contributed by atoms with Gasteiger partial charge in [-0.25, -0.2) is 0 Å². The zero-order chi connectivity index (χ0) is 10.6. The monoisotopic (exact) mass is 194 g/mol. The molecule has 0 heterocycles. The maximum Gasteiger partial charge on any atom is 0.0684 e. The molecule has 1 aliphatic rings. The molecular weight excluding hydrogens is 172 g/mol. The van der Waals surface area contributed by atoms with Crippen molar-refractivity contribution < 1.29 is 0 Å². The second-order valence-electron chi connectivity index (χ2n) is 5.18. The molecule has 1 aliphatic carbocycles. The van der Waals surface area contributed by atoms with Gasteiger partial charge in [-0.2, -0.15) is 5.26 Å². The molecule has 0 aliphatic heterocycles. The van der Waals surface area contributed by atoms with Gasteiger partial charge in [0.15, 0.2) is 0 Å². The van der Waals surface area contributed by atoms with Crippen LogP contribution in [0.25, 0.3) is 0 Å². The summed E-state index contributed by atoms with van der Waals surface area (Å²) >= 11 is 0. The van der Waals surface area contributed by atoms with Gasteiger partial charge in [0.2, 0.25) is 0 Å². The van der Waals surface area contributed by atoms with E-state index in [0.29, 0.717) is 6.04 Å². The maximum absolute atomic E-state index is 8.85. The lowest BCUT2D eigenvalue weighted by Crippen LogP contribution is -2.38. The summed E-state index contributed by atoms with van der Waals surface area (Å²) in [6, 6.07) is 2.97. The van der Waals surface area contributed by atoms with Crippen molar-refractivity contribution in [3.8, 4) is 6.07 Å². The first-order valence-electron chi connectivity index (χ1n) is 5.70. The average Bonchev–Trinajstić information content (AvgIpc) is 2.01. The quantitative estimate of drug-likeness (QED) is 0.730. The lowest BCUT2D eigenvalue weighted by molar-refractivity contribution is 0.236.